The van der Waals surface area contributed by atoms with Gasteiger partial charge in [-0.15, -0.1) is 5.11 Å². The molecule has 0 amide bonds. The molecule has 0 unspecified atom stereocenters. The summed E-state index contributed by atoms with van der Waals surface area (Å²) < 4.78 is 62.8. The number of aromatic hydroxyl groups is 1. The molecule has 6 rings (SSSR count). The Morgan fingerprint density at radius 1 is 0.585 bits per heavy atom. The van der Waals surface area contributed by atoms with Crippen LogP contribution in [0.25, 0.3) is 21.5 Å². The maximum Gasteiger partial charge on any atom is 2.00 e. The van der Waals surface area contributed by atoms with Crippen molar-refractivity contribution < 1.29 is 73.0 Å². The smallest absolute Gasteiger partial charge is 0.871 e. The zero-order valence-electron chi connectivity index (χ0n) is 26.4. The molecule has 0 bridgehead atoms. The van der Waals surface area contributed by atoms with Gasteiger partial charge in [0.15, 0.2) is 5.75 Å². The van der Waals surface area contributed by atoms with Crippen LogP contribution in [-0.4, -0.2) is 48.1 Å². The van der Waals surface area contributed by atoms with Gasteiger partial charge in [0.25, 0.3) is 20.2 Å². The molecule has 4 N–H and O–H groups in total. The van der Waals surface area contributed by atoms with E-state index in [9.17, 15) is 46.9 Å². The summed E-state index contributed by atoms with van der Waals surface area (Å²) in [5, 5.41) is 60.3. The molecule has 6 aromatic carbocycles. The van der Waals surface area contributed by atoms with E-state index >= 15 is 0 Å². The normalized spacial score (nSPS) is 11.7. The van der Waals surface area contributed by atoms with Crippen molar-refractivity contribution in [3.63, 3.8) is 0 Å². The van der Waals surface area contributed by atoms with Gasteiger partial charge in [0.1, 0.15) is 11.3 Å². The molecule has 0 aliphatic carbocycles. The third-order valence-corrected chi connectivity index (χ3v) is 8.88. The van der Waals surface area contributed by atoms with E-state index in [-0.39, 0.29) is 55.2 Å². The van der Waals surface area contributed by atoms with E-state index in [1.165, 1.54) is 48.5 Å². The maximum absolute atomic E-state index is 12.4. The molecule has 0 heterocycles. The largest absolute Gasteiger partial charge is 2.00 e. The van der Waals surface area contributed by atoms with E-state index in [4.69, 9.17) is 9.11 Å². The van der Waals surface area contributed by atoms with Crippen LogP contribution in [0.5, 0.6) is 11.5 Å². The van der Waals surface area contributed by atoms with Crippen LogP contribution >= 0.6 is 0 Å². The average molecular weight is 798 g/mol. The van der Waals surface area contributed by atoms with Crippen LogP contribution in [0.3, 0.4) is 0 Å². The van der Waals surface area contributed by atoms with E-state index in [1.807, 2.05) is 0 Å². The van der Waals surface area contributed by atoms with Gasteiger partial charge in [-0.2, -0.15) is 32.2 Å². The number of phenols is 1. The number of carbonyl (C=O) groups is 2. The molecule has 0 saturated carbocycles. The number of rotatable bonds is 8. The minimum absolute atomic E-state index is 0. The standard InChI is InChI=1S/2C17H12N2O6S.Mn/c2*20-16-14(17(21)22)8-10-4-1-2-7-13(10)15(16)19-18-11-5-3-6-12(9-11)26(23,24)25;/h2*1-9,20H,(H,21,22)(H,23,24,25);/q;;+2/p-2. The molecule has 0 spiro atoms. The van der Waals surface area contributed by atoms with Crippen LogP contribution in [0.15, 0.2) is 139 Å². The van der Waals surface area contributed by atoms with E-state index in [2.05, 4.69) is 20.5 Å². The molecule has 16 nitrogen and oxygen atoms in total. The molecule has 0 aliphatic rings. The van der Waals surface area contributed by atoms with Crippen molar-refractivity contribution in [2.75, 3.05) is 0 Å². The zero-order chi connectivity index (χ0) is 37.8. The summed E-state index contributed by atoms with van der Waals surface area (Å²) in [6.07, 6.45) is 0. The SMILES string of the molecule is O=C(O)c1cc2ccccc2c(N=Nc2cccc(S(=O)(=O)O)c2)c1O.O=C([O-])c1cc2ccccc2c(N=Nc2cccc(S(=O)(=O)O)c2)c1[O-].[Mn+2]. The number of hydrogen-bond donors (Lipinski definition) is 4. The Bertz CT molecular complexity index is 2500. The second-order valence-electron chi connectivity index (χ2n) is 10.6. The van der Waals surface area contributed by atoms with Gasteiger partial charge in [-0.1, -0.05) is 66.4 Å². The fraction of sp³-hybridized carbons (Fsp3) is 0. The van der Waals surface area contributed by atoms with Crippen molar-refractivity contribution in [3.05, 3.63) is 120 Å². The summed E-state index contributed by atoms with van der Waals surface area (Å²) in [5.74, 6) is -4.37. The summed E-state index contributed by atoms with van der Waals surface area (Å²) in [6, 6.07) is 25.8. The Kier molecular flexibility index (Phi) is 12.0. The first-order chi connectivity index (χ1) is 24.5. The maximum atomic E-state index is 12.4. The molecule has 269 valence electrons. The Hall–Kier alpha value is -6.08. The molecule has 0 saturated heterocycles. The molecule has 19 heteroatoms. The second-order valence-corrected chi connectivity index (χ2v) is 13.4. The summed E-state index contributed by atoms with van der Waals surface area (Å²) in [5.41, 5.74) is -0.988. The van der Waals surface area contributed by atoms with Crippen LogP contribution in [0.1, 0.15) is 20.7 Å². The molecule has 0 aromatic heterocycles. The van der Waals surface area contributed by atoms with Crippen molar-refractivity contribution in [1.82, 2.24) is 0 Å². The van der Waals surface area contributed by atoms with Crippen LogP contribution in [0.2, 0.25) is 0 Å². The van der Waals surface area contributed by atoms with Crippen LogP contribution < -0.4 is 10.2 Å². The third-order valence-electron chi connectivity index (χ3n) is 7.18. The molecular formula is C34H22MnN4O12S2. The van der Waals surface area contributed by atoms with Gasteiger partial charge in [0, 0.05) is 10.8 Å². The van der Waals surface area contributed by atoms with Gasteiger partial charge in [0.2, 0.25) is 0 Å². The zero-order valence-corrected chi connectivity index (χ0v) is 29.2. The van der Waals surface area contributed by atoms with E-state index in [0.29, 0.717) is 21.5 Å². The first-order valence-electron chi connectivity index (χ1n) is 14.5. The summed E-state index contributed by atoms with van der Waals surface area (Å²) in [6.45, 7) is 0. The number of carboxylic acids is 2. The van der Waals surface area contributed by atoms with Crippen molar-refractivity contribution >= 4 is 76.5 Å². The fourth-order valence-electron chi connectivity index (χ4n) is 4.77. The molecule has 0 fully saturated rings. The van der Waals surface area contributed by atoms with Crippen molar-refractivity contribution in [1.29, 1.82) is 0 Å². The minimum atomic E-state index is -4.42. The first-order valence-corrected chi connectivity index (χ1v) is 17.3. The van der Waals surface area contributed by atoms with E-state index in [1.54, 1.807) is 48.5 Å². The number of azo groups is 2. The summed E-state index contributed by atoms with van der Waals surface area (Å²) in [4.78, 5) is 21.7. The fourth-order valence-corrected chi connectivity index (χ4v) is 5.81. The van der Waals surface area contributed by atoms with Crippen LogP contribution in [-0.2, 0) is 37.3 Å². The number of aromatic carboxylic acids is 2. The van der Waals surface area contributed by atoms with Crippen LogP contribution in [0, 0.1) is 0 Å². The quantitative estimate of drug-likeness (QED) is 0.0803. The summed E-state index contributed by atoms with van der Waals surface area (Å²) >= 11 is 0. The Balaban J connectivity index is 0.000000232. The van der Waals surface area contributed by atoms with Gasteiger partial charge < -0.3 is 25.2 Å². The first kappa shape index (κ1) is 39.7. The van der Waals surface area contributed by atoms with Gasteiger partial charge in [-0.25, -0.2) is 4.79 Å². The average Bonchev–Trinajstić information content (AvgIpc) is 3.10. The molecular weight excluding hydrogens is 775 g/mol. The minimum Gasteiger partial charge on any atom is -0.871 e. The number of nitrogens with zero attached hydrogens (tertiary/aromatic N) is 4. The Morgan fingerprint density at radius 2 is 1.02 bits per heavy atom. The van der Waals surface area contributed by atoms with Crippen molar-refractivity contribution in [3.8, 4) is 11.5 Å². The van der Waals surface area contributed by atoms with Crippen molar-refractivity contribution in [2.45, 2.75) is 9.79 Å². The van der Waals surface area contributed by atoms with Gasteiger partial charge >= 0.3 is 23.0 Å². The Morgan fingerprint density at radius 3 is 1.47 bits per heavy atom. The molecule has 6 aromatic rings. The van der Waals surface area contributed by atoms with Gasteiger partial charge in [0.05, 0.1) is 32.8 Å². The number of fused-ring (bicyclic) bond motifs is 2. The summed E-state index contributed by atoms with van der Waals surface area (Å²) in [7, 11) is -8.82. The van der Waals surface area contributed by atoms with E-state index < -0.39 is 49.2 Å². The number of carbonyl (C=O) groups excluding carboxylic acids is 1. The predicted octanol–water partition coefficient (Wildman–Crippen LogP) is 5.84. The topological polar surface area (TPSA) is 279 Å². The van der Waals surface area contributed by atoms with Gasteiger partial charge in [-0.3, -0.25) is 9.11 Å². The Labute approximate surface area is 310 Å². The monoisotopic (exact) mass is 797 g/mol. The molecule has 0 atom stereocenters. The molecule has 1 radical (unpaired) electrons. The second kappa shape index (κ2) is 16.1. The molecule has 53 heavy (non-hydrogen) atoms. The molecule has 0 aliphatic heterocycles. The number of hydrogen-bond acceptors (Lipinski definition) is 13. The third kappa shape index (κ3) is 9.24. The number of carboxylic acid groups (broad SMARTS) is 2. The number of benzene rings is 6. The van der Waals surface area contributed by atoms with Crippen LogP contribution in [0.4, 0.5) is 22.7 Å². The van der Waals surface area contributed by atoms with Crippen molar-refractivity contribution in [2.24, 2.45) is 20.5 Å². The van der Waals surface area contributed by atoms with E-state index in [0.717, 1.165) is 12.1 Å². The predicted molar refractivity (Wildman–Crippen MR) is 181 cm³/mol. The van der Waals surface area contributed by atoms with Gasteiger partial charge in [-0.05, 0) is 64.9 Å².